The number of hydrogen-bond donors (Lipinski definition) is 21. The number of allylic oxidation sites excluding steroid dienone is 4. The number of hydrogen-bond acceptors (Lipinski definition) is 38. The monoisotopic (exact) mass is 2010 g/mol. The third-order valence-electron chi connectivity index (χ3n) is 24.8. The van der Waals surface area contributed by atoms with Crippen molar-refractivity contribution in [2.45, 2.75) is 246 Å². The molecule has 0 unspecified atom stereocenters. The normalized spacial score (nSPS) is 32.3. The van der Waals surface area contributed by atoms with E-state index in [0.717, 1.165) is 34.0 Å². The summed E-state index contributed by atoms with van der Waals surface area (Å²) in [6.07, 6.45) is -16.5. The van der Waals surface area contributed by atoms with Crippen LogP contribution in [-0.4, -0.2) is 365 Å². The van der Waals surface area contributed by atoms with Crippen LogP contribution in [0, 0.1) is 23.7 Å². The Balaban J connectivity index is 0.000000209. The van der Waals surface area contributed by atoms with Crippen LogP contribution in [-0.2, 0) is 103 Å². The first kappa shape index (κ1) is 114. The largest absolute Gasteiger partial charge is 0.490 e. The lowest BCUT2D eigenvalue weighted by molar-refractivity contribution is -0.308. The lowest BCUT2D eigenvalue weighted by Crippen LogP contribution is -2.59. The summed E-state index contributed by atoms with van der Waals surface area (Å²) in [6, 6.07) is 28.2. The number of carboxylic acids is 4. The molecule has 41 nitrogen and oxygen atoms in total. The second kappa shape index (κ2) is 56.0. The summed E-state index contributed by atoms with van der Waals surface area (Å²) >= 11 is 2.78. The number of esters is 3. The topological polar surface area (TPSA) is 668 Å². The van der Waals surface area contributed by atoms with Crippen molar-refractivity contribution in [2.75, 3.05) is 64.0 Å². The van der Waals surface area contributed by atoms with E-state index >= 15 is 0 Å². The first-order valence-corrected chi connectivity index (χ1v) is 48.0. The number of aromatic nitrogens is 1. The molecule has 8 aliphatic rings. The molecule has 0 radical (unpaired) electrons. The Morgan fingerprint density at radius 2 is 0.721 bits per heavy atom. The number of carboxylic acid groups (broad SMARTS) is 4. The van der Waals surface area contributed by atoms with Gasteiger partial charge in [-0.3, -0.25) is 19.2 Å². The van der Waals surface area contributed by atoms with Gasteiger partial charge in [-0.2, -0.15) is 11.8 Å². The molecule has 12 rings (SSSR count). The van der Waals surface area contributed by atoms with E-state index in [-0.39, 0.29) is 105 Å². The molecule has 5 heterocycles. The molecule has 4 fully saturated rings. The van der Waals surface area contributed by atoms with Crippen LogP contribution in [0.2, 0.25) is 0 Å². The summed E-state index contributed by atoms with van der Waals surface area (Å²) in [5.41, 5.74) is 4.88. The number of aryl methyl sites for hydroxylation is 1. The number of carbonyl (C=O) groups excluding carboxylic acids is 4. The number of aliphatic hydroxyl groups is 16. The molecule has 0 bridgehead atoms. The number of H-pyrrole nitrogens is 1. The fraction of sp³-hybridized carbons (Fsp3) is 0.546. The number of carbonyl (C=O) groups is 8. The maximum atomic E-state index is 12.8. The van der Waals surface area contributed by atoms with Crippen LogP contribution in [0.3, 0.4) is 0 Å². The van der Waals surface area contributed by atoms with Crippen LogP contribution < -0.4 is 4.74 Å². The molecule has 4 aliphatic carbocycles. The third-order valence-corrected chi connectivity index (χ3v) is 26.4. The summed E-state index contributed by atoms with van der Waals surface area (Å²) in [5.74, 6) is -7.63. The van der Waals surface area contributed by atoms with Crippen molar-refractivity contribution in [3.63, 3.8) is 0 Å². The maximum absolute atomic E-state index is 12.8. The number of nitrogens with one attached hydrogen (secondary N) is 1. The fourth-order valence-corrected chi connectivity index (χ4v) is 18.7. The second-order valence-corrected chi connectivity index (χ2v) is 35.9. The predicted octanol–water partition coefficient (Wildman–Crippen LogP) is 1.80. The molecule has 1 aromatic heterocycles. The minimum absolute atomic E-state index is 0.00855. The van der Waals surface area contributed by atoms with Crippen molar-refractivity contribution in [2.24, 2.45) is 23.7 Å². The minimum atomic E-state index is -1.62. The van der Waals surface area contributed by atoms with Crippen LogP contribution >= 0.6 is 23.5 Å². The van der Waals surface area contributed by atoms with E-state index in [1.54, 1.807) is 75.9 Å². The molecule has 0 saturated carbocycles. The number of ether oxygens (including phenoxy) is 12. The average Bonchev–Trinajstić information content (AvgIpc) is 0.922. The lowest BCUT2D eigenvalue weighted by atomic mass is 9.79. The summed E-state index contributed by atoms with van der Waals surface area (Å²) in [4.78, 5) is 101. The van der Waals surface area contributed by atoms with Gasteiger partial charge in [0.1, 0.15) is 123 Å². The molecule has 21 N–H and O–H groups in total. The van der Waals surface area contributed by atoms with Crippen molar-refractivity contribution >= 4 is 81.3 Å². The van der Waals surface area contributed by atoms with E-state index in [2.05, 4.69) is 4.98 Å². The number of fused-ring (bicyclic) bond motifs is 1. The van der Waals surface area contributed by atoms with Gasteiger partial charge >= 0.3 is 41.8 Å². The second-order valence-electron chi connectivity index (χ2n) is 33.7. The first-order valence-electron chi connectivity index (χ1n) is 45.6. The van der Waals surface area contributed by atoms with E-state index in [1.807, 2.05) is 85.1 Å². The number of para-hydroxylation sites is 2. The van der Waals surface area contributed by atoms with Gasteiger partial charge in [-0.1, -0.05) is 127 Å². The zero-order chi connectivity index (χ0) is 102. The van der Waals surface area contributed by atoms with Crippen molar-refractivity contribution in [1.82, 2.24) is 4.98 Å². The highest BCUT2D eigenvalue weighted by Crippen LogP contribution is 2.43. The van der Waals surface area contributed by atoms with Gasteiger partial charge in [0.15, 0.2) is 30.3 Å². The standard InChI is InChI=1S/C26H31NO10.C25H32O11.C25H32O9S.C21H32O10S/c1-2-15-17(10-21(29)35-12-14-9-13-5-3-4-6-18(13)27-14)16(25(33)34)7-8-19(15)36-26-24(32)23(31)22(30)20(11-28)37-26;1-2-15-17(12-20(27)34-11-10-33-14-6-4-3-5-7-14)16(24(31)32)8-9-18(15)35-25-23(30)22(29)21(28)19(13-26)36-25;1-2-15-17(12-20(27)35-11-10-14-6-4-3-5-7-14)16(24(31)32)8-9-18(15)33-25-23(30)22(29)21(28)19(13-26)34-25;1-3-11-13(9-16(23)29-7-4-8-32-2)12(20(27)28)5-6-14(11)30-21-19(26)18(25)17(24)15(10-22)31-21/h2-7,9,17,19-20,22-24,26-28,30-32H,8,10-12H2,1H3,(H,33,34);2-8,17-19,21-23,25-26,28-30H,9-13H2,1H3,(H,31,32);2-8,17-19,21-23,25-26,28-30H,9-13H2,1H3,(H,31,32);3,5,13-15,17-19,21-22,24-26H,4,6-10H2,1-2H3,(H,27,28)/b3*15-2+;11-3+/t17-,19+,20+,22+,23-,24+,26+;2*17-,18+,19+,21+,22-,23+,25+;13-,14+,15+,17+,18-,19+,21+/m0000/s1. The molecule has 140 heavy (non-hydrogen) atoms. The molecular weight excluding hydrogens is 1880 g/mol. The SMILES string of the molecule is C/C=C1\[C@H](CC(=O)OCCCSC)C(C(=O)O)=CC[C@H]1O[C@@H]1O[C@H](CO)[C@@H](O)[C@H](O)[C@H]1O.C/C=C1\[C@H](CC(=O)OCCOc2ccccc2)C(C(=O)O)=CC[C@H]1O[C@@H]1O[C@H](CO)[C@@H](O)[C@H](O)[C@H]1O.C/C=C1\[C@H](CC(=O)OCc2cc3ccccc3[nH]2)C(C(=O)O)=CC[C@H]1O[C@@H]1O[C@H](CO)[C@@H](O)[C@H](O)[C@H]1O.C/C=C1\[C@H](CC(=O)SCCc2ccccc2)C(C(=O)O)=CC[C@H]1O[C@@H]1O[C@H](CO)[C@@H](O)[C@H](O)[C@H]1O. The van der Waals surface area contributed by atoms with Gasteiger partial charge in [0.2, 0.25) is 0 Å². The number of aliphatic hydroxyl groups excluding tert-OH is 16. The predicted molar refractivity (Wildman–Crippen MR) is 496 cm³/mol. The van der Waals surface area contributed by atoms with E-state index in [4.69, 9.17) is 56.8 Å². The van der Waals surface area contributed by atoms with Crippen LogP contribution in [0.1, 0.15) is 96.7 Å². The number of rotatable bonds is 37. The molecule has 43 heteroatoms. The average molecular weight is 2010 g/mol. The number of aliphatic carboxylic acids is 4. The van der Waals surface area contributed by atoms with Crippen LogP contribution in [0.5, 0.6) is 5.75 Å². The minimum Gasteiger partial charge on any atom is -0.490 e. The molecule has 0 spiro atoms. The summed E-state index contributed by atoms with van der Waals surface area (Å²) in [6.45, 7) is 4.65. The first-order chi connectivity index (χ1) is 67.0. The molecule has 28 atom stereocenters. The smallest absolute Gasteiger partial charge is 0.331 e. The molecule has 3 aromatic carbocycles. The van der Waals surface area contributed by atoms with Gasteiger partial charge in [0.25, 0.3) is 0 Å². The highest BCUT2D eigenvalue weighted by molar-refractivity contribution is 8.13. The third kappa shape index (κ3) is 30.6. The fourth-order valence-electron chi connectivity index (χ4n) is 17.4. The Morgan fingerprint density at radius 1 is 0.393 bits per heavy atom. The van der Waals surface area contributed by atoms with Crippen molar-refractivity contribution < 1.29 is 197 Å². The van der Waals surface area contributed by atoms with Gasteiger partial charge in [0, 0.05) is 63.7 Å². The van der Waals surface area contributed by atoms with E-state index in [0.29, 0.717) is 52.3 Å². The van der Waals surface area contributed by atoms with E-state index in [1.165, 1.54) is 24.3 Å². The van der Waals surface area contributed by atoms with Gasteiger partial charge in [0.05, 0.1) is 82.4 Å². The number of benzene rings is 3. The Kier molecular flexibility index (Phi) is 45.7. The Bertz CT molecular complexity index is 4940. The molecule has 0 amide bonds. The zero-order valence-electron chi connectivity index (χ0n) is 77.5. The molecule has 4 aromatic rings. The van der Waals surface area contributed by atoms with E-state index < -0.39 is 239 Å². The zero-order valence-corrected chi connectivity index (χ0v) is 79.1. The molecule has 4 saturated heterocycles. The van der Waals surface area contributed by atoms with Gasteiger partial charge < -0.3 is 164 Å². The van der Waals surface area contributed by atoms with Crippen molar-refractivity contribution in [3.05, 3.63) is 195 Å². The maximum Gasteiger partial charge on any atom is 0.331 e. The molecular formula is C97H127NO40S2. The highest BCUT2D eigenvalue weighted by Gasteiger charge is 2.52. The van der Waals surface area contributed by atoms with E-state index in [9.17, 15) is 140 Å². The summed E-state index contributed by atoms with van der Waals surface area (Å²) in [7, 11) is 0. The van der Waals surface area contributed by atoms with Gasteiger partial charge in [-0.25, -0.2) is 19.2 Å². The summed E-state index contributed by atoms with van der Waals surface area (Å²) < 4.78 is 66.6. The van der Waals surface area contributed by atoms with Crippen LogP contribution in [0.25, 0.3) is 10.9 Å². The van der Waals surface area contributed by atoms with Gasteiger partial charge in [-0.05, 0) is 136 Å². The molecule has 772 valence electrons. The van der Waals surface area contributed by atoms with Gasteiger partial charge in [-0.15, -0.1) is 0 Å². The van der Waals surface area contributed by atoms with Crippen LogP contribution in [0.15, 0.2) is 184 Å². The highest BCUT2D eigenvalue weighted by atomic mass is 32.2. The quantitative estimate of drug-likeness (QED) is 0.0132. The number of thioether (sulfide) groups is 2. The number of aromatic amines is 1. The van der Waals surface area contributed by atoms with Crippen molar-refractivity contribution in [3.8, 4) is 5.75 Å². The Labute approximate surface area is 814 Å². The Hall–Kier alpha value is -9.38. The molecule has 4 aliphatic heterocycles. The lowest BCUT2D eigenvalue weighted by Gasteiger charge is -2.42. The van der Waals surface area contributed by atoms with Crippen LogP contribution in [0.4, 0.5) is 0 Å². The van der Waals surface area contributed by atoms with Crippen molar-refractivity contribution in [1.29, 1.82) is 0 Å². The summed E-state index contributed by atoms with van der Waals surface area (Å²) in [5, 5.41) is 198. The Morgan fingerprint density at radius 3 is 1.06 bits per heavy atom.